The molecule has 0 aliphatic carbocycles. The van der Waals surface area contributed by atoms with E-state index in [0.717, 1.165) is 0 Å². The highest BCUT2D eigenvalue weighted by molar-refractivity contribution is 7.91. The van der Waals surface area contributed by atoms with Crippen LogP contribution in [-0.2, 0) is 29.1 Å². The van der Waals surface area contributed by atoms with E-state index in [9.17, 15) is 18.0 Å². The molecule has 3 rings (SSSR count). The minimum atomic E-state index is -3.57. The fourth-order valence-corrected chi connectivity index (χ4v) is 6.20. The first-order valence-corrected chi connectivity index (χ1v) is 11.4. The van der Waals surface area contributed by atoms with E-state index in [1.807, 2.05) is 0 Å². The predicted molar refractivity (Wildman–Crippen MR) is 103 cm³/mol. The van der Waals surface area contributed by atoms with Gasteiger partial charge < -0.3 is 14.8 Å². The highest BCUT2D eigenvalue weighted by atomic mass is 32.2. The number of nitrogens with zero attached hydrogens (tertiary/aromatic N) is 1. The second-order valence-electron chi connectivity index (χ2n) is 6.82. The van der Waals surface area contributed by atoms with Crippen molar-refractivity contribution < 1.29 is 27.5 Å². The Morgan fingerprint density at radius 3 is 2.71 bits per heavy atom. The lowest BCUT2D eigenvalue weighted by atomic mass is 9.83. The molecule has 0 unspecified atom stereocenters. The van der Waals surface area contributed by atoms with Gasteiger partial charge in [-0.3, -0.25) is 4.79 Å². The number of piperidine rings is 1. The summed E-state index contributed by atoms with van der Waals surface area (Å²) in [4.78, 5) is 24.9. The summed E-state index contributed by atoms with van der Waals surface area (Å²) < 4.78 is 37.7. The standard InChI is InChI=1S/C18H24N2O6S2/c1-13-15(16(21)19-8-4-11-25-2)18(26-17(13)22)6-9-20(10-7-18)28(23,24)14-5-3-12-27-14/h3,5,12H,4,6-11H2,1-2H3,(H,19,21). The zero-order valence-corrected chi connectivity index (χ0v) is 17.5. The Kier molecular flexibility index (Phi) is 6.23. The van der Waals surface area contributed by atoms with Crippen LogP contribution in [0.25, 0.3) is 0 Å². The summed E-state index contributed by atoms with van der Waals surface area (Å²) in [6.45, 7) is 2.89. The van der Waals surface area contributed by atoms with Crippen molar-refractivity contribution in [3.8, 4) is 0 Å². The summed E-state index contributed by atoms with van der Waals surface area (Å²) in [5, 5.41) is 4.52. The third-order valence-electron chi connectivity index (χ3n) is 5.08. The van der Waals surface area contributed by atoms with Crippen LogP contribution in [-0.4, -0.2) is 63.6 Å². The van der Waals surface area contributed by atoms with Crippen LogP contribution in [0.2, 0.25) is 0 Å². The SMILES string of the molecule is COCCCNC(=O)C1=C(C)C(=O)OC12CCN(S(=O)(=O)c1cccs1)CC2. The van der Waals surface area contributed by atoms with E-state index in [1.54, 1.807) is 31.5 Å². The molecule has 0 saturated carbocycles. The van der Waals surface area contributed by atoms with Gasteiger partial charge in [0.15, 0.2) is 0 Å². The molecule has 0 aromatic carbocycles. The summed E-state index contributed by atoms with van der Waals surface area (Å²) in [6, 6.07) is 3.27. The predicted octanol–water partition coefficient (Wildman–Crippen LogP) is 1.30. The van der Waals surface area contributed by atoms with Gasteiger partial charge in [-0.1, -0.05) is 6.07 Å². The van der Waals surface area contributed by atoms with Crippen molar-refractivity contribution >= 4 is 33.2 Å². The van der Waals surface area contributed by atoms with E-state index in [2.05, 4.69) is 5.32 Å². The number of sulfonamides is 1. The van der Waals surface area contributed by atoms with Gasteiger partial charge in [-0.25, -0.2) is 13.2 Å². The Morgan fingerprint density at radius 2 is 2.11 bits per heavy atom. The fraction of sp³-hybridized carbons (Fsp3) is 0.556. The van der Waals surface area contributed by atoms with E-state index >= 15 is 0 Å². The first-order chi connectivity index (χ1) is 13.3. The number of carbonyl (C=O) groups excluding carboxylic acids is 2. The smallest absolute Gasteiger partial charge is 0.335 e. The van der Waals surface area contributed by atoms with Crippen LogP contribution >= 0.6 is 11.3 Å². The lowest BCUT2D eigenvalue weighted by Gasteiger charge is -2.38. The molecule has 2 aliphatic heterocycles. The molecule has 0 radical (unpaired) electrons. The highest BCUT2D eigenvalue weighted by Crippen LogP contribution is 2.42. The van der Waals surface area contributed by atoms with Crippen molar-refractivity contribution in [2.24, 2.45) is 0 Å². The van der Waals surface area contributed by atoms with Crippen LogP contribution in [0.3, 0.4) is 0 Å². The summed E-state index contributed by atoms with van der Waals surface area (Å²) in [7, 11) is -1.98. The Bertz CT molecular complexity index is 868. The molecule has 1 amide bonds. The molecule has 10 heteroatoms. The quantitative estimate of drug-likeness (QED) is 0.519. The monoisotopic (exact) mass is 428 g/mol. The van der Waals surface area contributed by atoms with Crippen molar-refractivity contribution in [1.82, 2.24) is 9.62 Å². The van der Waals surface area contributed by atoms with E-state index in [0.29, 0.717) is 30.7 Å². The van der Waals surface area contributed by atoms with Gasteiger partial charge in [0.2, 0.25) is 0 Å². The average Bonchev–Trinajstić information content (AvgIpc) is 3.28. The number of carbonyl (C=O) groups is 2. The minimum absolute atomic E-state index is 0.182. The van der Waals surface area contributed by atoms with Gasteiger partial charge >= 0.3 is 5.97 Å². The van der Waals surface area contributed by atoms with E-state index in [-0.39, 0.29) is 36.0 Å². The van der Waals surface area contributed by atoms with Gasteiger partial charge in [-0.2, -0.15) is 4.31 Å². The summed E-state index contributed by atoms with van der Waals surface area (Å²) in [5.41, 5.74) is -0.449. The Balaban J connectivity index is 1.73. The molecule has 1 N–H and O–H groups in total. The highest BCUT2D eigenvalue weighted by Gasteiger charge is 2.52. The van der Waals surface area contributed by atoms with Gasteiger partial charge in [-0.15, -0.1) is 11.3 Å². The zero-order chi connectivity index (χ0) is 20.4. The third-order valence-corrected chi connectivity index (χ3v) is 8.35. The number of thiophene rings is 1. The van der Waals surface area contributed by atoms with Gasteiger partial charge in [-0.05, 0) is 24.8 Å². The van der Waals surface area contributed by atoms with Crippen LogP contribution in [0.4, 0.5) is 0 Å². The molecule has 1 aromatic rings. The number of amides is 1. The molecule has 0 bridgehead atoms. The Labute approximate surface area is 168 Å². The number of methoxy groups -OCH3 is 1. The van der Waals surface area contributed by atoms with Crippen molar-refractivity contribution in [3.05, 3.63) is 28.7 Å². The summed E-state index contributed by atoms with van der Waals surface area (Å²) in [6.07, 6.45) is 1.16. The number of ether oxygens (including phenoxy) is 2. The first-order valence-electron chi connectivity index (χ1n) is 9.07. The van der Waals surface area contributed by atoms with Crippen molar-refractivity contribution in [3.63, 3.8) is 0 Å². The maximum absolute atomic E-state index is 12.7. The van der Waals surface area contributed by atoms with E-state index in [4.69, 9.17) is 9.47 Å². The number of rotatable bonds is 7. The molecule has 1 aromatic heterocycles. The van der Waals surface area contributed by atoms with Crippen molar-refractivity contribution in [1.29, 1.82) is 0 Å². The lowest BCUT2D eigenvalue weighted by molar-refractivity contribution is -0.150. The Hall–Kier alpha value is -1.75. The second kappa shape index (κ2) is 8.32. The summed E-state index contributed by atoms with van der Waals surface area (Å²) in [5.74, 6) is -0.856. The maximum Gasteiger partial charge on any atom is 0.335 e. The molecule has 28 heavy (non-hydrogen) atoms. The molecular formula is C18H24N2O6S2. The van der Waals surface area contributed by atoms with E-state index < -0.39 is 21.6 Å². The van der Waals surface area contributed by atoms with Crippen molar-refractivity contribution in [2.45, 2.75) is 36.0 Å². The van der Waals surface area contributed by atoms with Gasteiger partial charge in [0.25, 0.3) is 15.9 Å². The fourth-order valence-electron chi connectivity index (χ4n) is 3.61. The van der Waals surface area contributed by atoms with Gasteiger partial charge in [0.05, 0.1) is 5.57 Å². The van der Waals surface area contributed by atoms with Gasteiger partial charge in [0.1, 0.15) is 9.81 Å². The Morgan fingerprint density at radius 1 is 1.39 bits per heavy atom. The van der Waals surface area contributed by atoms with Crippen LogP contribution in [0.15, 0.2) is 32.9 Å². The molecule has 1 fully saturated rings. The van der Waals surface area contributed by atoms with E-state index in [1.165, 1.54) is 15.6 Å². The van der Waals surface area contributed by atoms with Crippen LogP contribution in [0.1, 0.15) is 26.2 Å². The maximum atomic E-state index is 12.7. The second-order valence-corrected chi connectivity index (χ2v) is 9.93. The molecule has 0 atom stereocenters. The molecule has 3 heterocycles. The minimum Gasteiger partial charge on any atom is -0.450 e. The van der Waals surface area contributed by atoms with Crippen LogP contribution in [0.5, 0.6) is 0 Å². The lowest BCUT2D eigenvalue weighted by Crippen LogP contribution is -2.50. The third kappa shape index (κ3) is 3.86. The largest absolute Gasteiger partial charge is 0.450 e. The number of nitrogens with one attached hydrogen (secondary N) is 1. The average molecular weight is 429 g/mol. The number of hydrogen-bond donors (Lipinski definition) is 1. The number of hydrogen-bond acceptors (Lipinski definition) is 7. The molecule has 154 valence electrons. The molecular weight excluding hydrogens is 404 g/mol. The van der Waals surface area contributed by atoms with Crippen LogP contribution < -0.4 is 5.32 Å². The van der Waals surface area contributed by atoms with Gasteiger partial charge in [0, 0.05) is 51.8 Å². The first kappa shape index (κ1) is 21.0. The molecule has 1 saturated heterocycles. The van der Waals surface area contributed by atoms with Crippen molar-refractivity contribution in [2.75, 3.05) is 33.4 Å². The summed E-state index contributed by atoms with van der Waals surface area (Å²) >= 11 is 1.17. The normalized spacial score (nSPS) is 19.9. The topological polar surface area (TPSA) is 102 Å². The molecule has 8 nitrogen and oxygen atoms in total. The van der Waals surface area contributed by atoms with Crippen LogP contribution in [0, 0.1) is 0 Å². The number of esters is 1. The molecule has 2 aliphatic rings. The molecule has 1 spiro atoms. The zero-order valence-electron chi connectivity index (χ0n) is 15.9.